The van der Waals surface area contributed by atoms with Gasteiger partial charge in [-0.15, -0.1) is 4.40 Å². The molecule has 2 aliphatic heterocycles. The van der Waals surface area contributed by atoms with E-state index in [1.54, 1.807) is 47.2 Å². The molecule has 2 heterocycles. The number of sulfonamides is 1. The average molecular weight is 401 g/mol. The normalized spacial score (nSPS) is 20.0. The third kappa shape index (κ3) is 3.28. The fourth-order valence-electron chi connectivity index (χ4n) is 3.77. The van der Waals surface area contributed by atoms with Crippen LogP contribution in [0.5, 0.6) is 0 Å². The molecule has 1 atom stereocenters. The van der Waals surface area contributed by atoms with Crippen molar-refractivity contribution in [3.05, 3.63) is 65.5 Å². The predicted octanol–water partition coefficient (Wildman–Crippen LogP) is 2.40. The summed E-state index contributed by atoms with van der Waals surface area (Å²) in [5, 5.41) is 0. The van der Waals surface area contributed by atoms with Crippen molar-refractivity contribution in [1.82, 2.24) is 9.80 Å². The van der Waals surface area contributed by atoms with Crippen molar-refractivity contribution in [3.63, 3.8) is 0 Å². The smallest absolute Gasteiger partial charge is 0.285 e. The van der Waals surface area contributed by atoms with Crippen LogP contribution < -0.4 is 0 Å². The van der Waals surface area contributed by atoms with E-state index in [1.165, 1.54) is 18.2 Å². The van der Waals surface area contributed by atoms with Gasteiger partial charge in [0, 0.05) is 25.7 Å². The molecule has 2 aromatic carbocycles. The van der Waals surface area contributed by atoms with E-state index in [-0.39, 0.29) is 16.6 Å². The number of benzene rings is 2. The van der Waals surface area contributed by atoms with Gasteiger partial charge >= 0.3 is 0 Å². The minimum atomic E-state index is -3.73. The van der Waals surface area contributed by atoms with E-state index < -0.39 is 16.1 Å². The van der Waals surface area contributed by atoms with Crippen LogP contribution in [0.4, 0.5) is 4.39 Å². The molecule has 0 spiro atoms. The van der Waals surface area contributed by atoms with Gasteiger partial charge in [-0.2, -0.15) is 8.42 Å². The fourth-order valence-corrected chi connectivity index (χ4v) is 4.99. The lowest BCUT2D eigenvalue weighted by Gasteiger charge is -2.29. The topological polar surface area (TPSA) is 70.1 Å². The maximum atomic E-state index is 13.1. The Morgan fingerprint density at radius 1 is 1.21 bits per heavy atom. The number of hydrogen-bond donors (Lipinski definition) is 0. The van der Waals surface area contributed by atoms with E-state index in [0.29, 0.717) is 30.9 Å². The first-order valence-corrected chi connectivity index (χ1v) is 10.5. The van der Waals surface area contributed by atoms with Gasteiger partial charge < -0.3 is 9.80 Å². The van der Waals surface area contributed by atoms with Crippen molar-refractivity contribution >= 4 is 21.8 Å². The Labute approximate surface area is 163 Å². The van der Waals surface area contributed by atoms with Crippen LogP contribution in [0.2, 0.25) is 0 Å². The summed E-state index contributed by atoms with van der Waals surface area (Å²) in [6, 6.07) is 12.3. The molecule has 0 unspecified atom stereocenters. The van der Waals surface area contributed by atoms with Crippen LogP contribution in [-0.4, -0.2) is 49.6 Å². The first-order valence-electron chi connectivity index (χ1n) is 9.07. The van der Waals surface area contributed by atoms with Gasteiger partial charge in [0.2, 0.25) is 5.91 Å². The van der Waals surface area contributed by atoms with Crippen LogP contribution in [0.25, 0.3) is 0 Å². The summed E-state index contributed by atoms with van der Waals surface area (Å²) in [6.45, 7) is 0.925. The maximum Gasteiger partial charge on any atom is 0.285 e. The molecule has 146 valence electrons. The molecule has 1 fully saturated rings. The molecule has 1 amide bonds. The largest absolute Gasteiger partial charge is 0.343 e. The quantitative estimate of drug-likeness (QED) is 0.792. The lowest BCUT2D eigenvalue weighted by Crippen LogP contribution is -2.46. The molecule has 0 bridgehead atoms. The summed E-state index contributed by atoms with van der Waals surface area (Å²) < 4.78 is 41.8. The predicted molar refractivity (Wildman–Crippen MR) is 103 cm³/mol. The van der Waals surface area contributed by atoms with E-state index in [4.69, 9.17) is 0 Å². The monoisotopic (exact) mass is 401 g/mol. The molecule has 1 saturated heterocycles. The van der Waals surface area contributed by atoms with Crippen molar-refractivity contribution in [1.29, 1.82) is 0 Å². The molecule has 8 heteroatoms. The lowest BCUT2D eigenvalue weighted by atomic mass is 10.1. The Morgan fingerprint density at radius 3 is 2.68 bits per heavy atom. The van der Waals surface area contributed by atoms with Crippen molar-refractivity contribution in [3.8, 4) is 0 Å². The molecule has 0 N–H and O–H groups in total. The van der Waals surface area contributed by atoms with Crippen LogP contribution in [0.1, 0.15) is 24.0 Å². The van der Waals surface area contributed by atoms with Gasteiger partial charge in [-0.25, -0.2) is 4.39 Å². The molecule has 0 radical (unpaired) electrons. The number of nitrogens with zero attached hydrogens (tertiary/aromatic N) is 3. The van der Waals surface area contributed by atoms with Gasteiger partial charge in [-0.3, -0.25) is 4.79 Å². The molecular formula is C20H20FN3O3S. The lowest BCUT2D eigenvalue weighted by molar-refractivity contribution is -0.134. The molecular weight excluding hydrogens is 381 g/mol. The molecule has 4 rings (SSSR count). The summed E-state index contributed by atoms with van der Waals surface area (Å²) in [4.78, 5) is 16.6. The first kappa shape index (κ1) is 18.6. The Bertz CT molecular complexity index is 1050. The van der Waals surface area contributed by atoms with E-state index >= 15 is 0 Å². The first-order chi connectivity index (χ1) is 13.4. The van der Waals surface area contributed by atoms with Crippen molar-refractivity contribution in [2.45, 2.75) is 30.3 Å². The van der Waals surface area contributed by atoms with Gasteiger partial charge in [-0.1, -0.05) is 24.3 Å². The zero-order valence-corrected chi connectivity index (χ0v) is 16.2. The highest BCUT2D eigenvalue weighted by Crippen LogP contribution is 2.31. The molecule has 2 aromatic rings. The molecule has 6 nitrogen and oxygen atoms in total. The number of carbonyl (C=O) groups is 1. The van der Waals surface area contributed by atoms with Gasteiger partial charge in [0.15, 0.2) is 5.84 Å². The number of likely N-dealkylation sites (tertiary alicyclic amines) is 1. The summed E-state index contributed by atoms with van der Waals surface area (Å²) >= 11 is 0. The van der Waals surface area contributed by atoms with Crippen LogP contribution in [0.3, 0.4) is 0 Å². The highest BCUT2D eigenvalue weighted by molar-refractivity contribution is 7.90. The highest BCUT2D eigenvalue weighted by Gasteiger charge is 2.40. The molecule has 0 aliphatic carbocycles. The van der Waals surface area contributed by atoms with Gasteiger partial charge in [0.05, 0.1) is 0 Å². The standard InChI is InChI=1S/C20H20FN3O3S/c1-23(13-14-8-10-15(21)11-9-14)20(25)17-6-4-12-24(17)19-16-5-2-3-7-18(16)28(26,27)22-19/h2-3,5,7-11,17H,4,6,12-13H2,1H3/t17-/m0/s1. The van der Waals surface area contributed by atoms with Crippen LogP contribution in [-0.2, 0) is 21.4 Å². The van der Waals surface area contributed by atoms with Crippen molar-refractivity contribution in [2.75, 3.05) is 13.6 Å². The maximum absolute atomic E-state index is 13.1. The summed E-state index contributed by atoms with van der Waals surface area (Å²) in [6.07, 6.45) is 1.41. The number of amidine groups is 1. The van der Waals surface area contributed by atoms with Crippen LogP contribution >= 0.6 is 0 Å². The fraction of sp³-hybridized carbons (Fsp3) is 0.300. The molecule has 0 aromatic heterocycles. The Hall–Kier alpha value is -2.74. The zero-order valence-electron chi connectivity index (χ0n) is 15.4. The number of hydrogen-bond acceptors (Lipinski definition) is 4. The number of amides is 1. The minimum Gasteiger partial charge on any atom is -0.343 e. The number of halogens is 1. The third-order valence-electron chi connectivity index (χ3n) is 5.13. The average Bonchev–Trinajstić information content (AvgIpc) is 3.26. The van der Waals surface area contributed by atoms with Gasteiger partial charge in [0.25, 0.3) is 10.0 Å². The summed E-state index contributed by atoms with van der Waals surface area (Å²) in [5.74, 6) is -0.0771. The van der Waals surface area contributed by atoms with E-state index in [2.05, 4.69) is 4.40 Å². The Morgan fingerprint density at radius 2 is 1.93 bits per heavy atom. The molecule has 28 heavy (non-hydrogen) atoms. The van der Waals surface area contributed by atoms with Crippen molar-refractivity contribution < 1.29 is 17.6 Å². The van der Waals surface area contributed by atoms with Gasteiger partial charge in [0.1, 0.15) is 16.8 Å². The summed E-state index contributed by atoms with van der Waals surface area (Å²) in [7, 11) is -2.03. The van der Waals surface area contributed by atoms with Gasteiger partial charge in [-0.05, 0) is 42.7 Å². The Balaban J connectivity index is 1.57. The second-order valence-electron chi connectivity index (χ2n) is 7.06. The number of rotatable bonds is 3. The second kappa shape index (κ2) is 7.01. The summed E-state index contributed by atoms with van der Waals surface area (Å²) in [5.41, 5.74) is 1.37. The SMILES string of the molecule is CN(Cc1ccc(F)cc1)C(=O)[C@@H]1CCCN1C1=NS(=O)(=O)c2ccccc21. The van der Waals surface area contributed by atoms with E-state index in [1.807, 2.05) is 0 Å². The Kier molecular flexibility index (Phi) is 4.66. The van der Waals surface area contributed by atoms with Crippen LogP contribution in [0.15, 0.2) is 57.8 Å². The van der Waals surface area contributed by atoms with E-state index in [9.17, 15) is 17.6 Å². The molecule has 2 aliphatic rings. The van der Waals surface area contributed by atoms with Crippen LogP contribution in [0, 0.1) is 5.82 Å². The number of likely N-dealkylation sites (N-methyl/N-ethyl adjacent to an activating group) is 1. The zero-order chi connectivity index (χ0) is 19.9. The third-order valence-corrected chi connectivity index (χ3v) is 6.46. The number of carbonyl (C=O) groups excluding carboxylic acids is 1. The highest BCUT2D eigenvalue weighted by atomic mass is 32.2. The minimum absolute atomic E-state index is 0.105. The van der Waals surface area contributed by atoms with Crippen molar-refractivity contribution in [2.24, 2.45) is 4.40 Å². The number of fused-ring (bicyclic) bond motifs is 1. The van der Waals surface area contributed by atoms with E-state index in [0.717, 1.165) is 12.0 Å². The second-order valence-corrected chi connectivity index (χ2v) is 8.63. The molecule has 0 saturated carbocycles.